The van der Waals surface area contributed by atoms with Gasteiger partial charge in [-0.2, -0.15) is 0 Å². The van der Waals surface area contributed by atoms with Gasteiger partial charge in [-0.1, -0.05) is 6.07 Å². The van der Waals surface area contributed by atoms with Crippen LogP contribution in [0.3, 0.4) is 0 Å². The van der Waals surface area contributed by atoms with Crippen LogP contribution < -0.4 is 14.8 Å². The Bertz CT molecular complexity index is 709. The molecule has 0 spiro atoms. The first kappa shape index (κ1) is 15.0. The van der Waals surface area contributed by atoms with Gasteiger partial charge >= 0.3 is 5.97 Å². The van der Waals surface area contributed by atoms with E-state index in [1.807, 2.05) is 19.1 Å². The molecule has 23 heavy (non-hydrogen) atoms. The number of esters is 1. The molecule has 2 aromatic rings. The molecule has 1 amide bonds. The number of nitrogens with one attached hydrogen (secondary N) is 1. The number of ether oxygens (including phenoxy) is 3. The van der Waals surface area contributed by atoms with Crippen LogP contribution in [0.2, 0.25) is 0 Å². The largest absolute Gasteiger partial charge is 0.457 e. The summed E-state index contributed by atoms with van der Waals surface area (Å²) < 4.78 is 20.3. The zero-order valence-electron chi connectivity index (χ0n) is 12.4. The second-order valence-corrected chi connectivity index (χ2v) is 4.96. The van der Waals surface area contributed by atoms with Crippen LogP contribution in [0.4, 0.5) is 0 Å². The van der Waals surface area contributed by atoms with Crippen molar-refractivity contribution in [3.63, 3.8) is 0 Å². The Hall–Kier alpha value is -2.96. The summed E-state index contributed by atoms with van der Waals surface area (Å²) in [6.45, 7) is 1.64. The van der Waals surface area contributed by atoms with Crippen LogP contribution >= 0.6 is 0 Å². The molecule has 0 fully saturated rings. The topological polar surface area (TPSA) is 87.0 Å². The first-order chi connectivity index (χ1) is 11.1. The molecular weight excluding hydrogens is 302 g/mol. The molecule has 0 saturated heterocycles. The predicted molar refractivity (Wildman–Crippen MR) is 78.1 cm³/mol. The van der Waals surface area contributed by atoms with Gasteiger partial charge in [-0.15, -0.1) is 0 Å². The van der Waals surface area contributed by atoms with Crippen molar-refractivity contribution < 1.29 is 28.2 Å². The van der Waals surface area contributed by atoms with Crippen molar-refractivity contribution in [2.75, 3.05) is 13.4 Å². The highest BCUT2D eigenvalue weighted by Gasteiger charge is 2.18. The van der Waals surface area contributed by atoms with Crippen molar-refractivity contribution in [2.45, 2.75) is 13.0 Å². The molecular formula is C16H15NO6. The summed E-state index contributed by atoms with van der Waals surface area (Å²) in [4.78, 5) is 23.4. The highest BCUT2D eigenvalue weighted by molar-refractivity contribution is 5.88. The zero-order chi connectivity index (χ0) is 16.2. The molecule has 120 valence electrons. The summed E-state index contributed by atoms with van der Waals surface area (Å²) >= 11 is 0. The van der Waals surface area contributed by atoms with Gasteiger partial charge in [0.2, 0.25) is 12.6 Å². The van der Waals surface area contributed by atoms with E-state index in [-0.39, 0.29) is 25.2 Å². The SMILES string of the molecule is C[C@@H](NC(=O)COC(=O)c1ccco1)c1ccc2c(c1)OCO2. The minimum absolute atomic E-state index is 0.0571. The first-order valence-electron chi connectivity index (χ1n) is 7.03. The molecule has 0 radical (unpaired) electrons. The maximum atomic E-state index is 11.9. The minimum Gasteiger partial charge on any atom is -0.457 e. The molecule has 1 aliphatic heterocycles. The molecule has 1 atom stereocenters. The van der Waals surface area contributed by atoms with Gasteiger partial charge in [0.25, 0.3) is 5.91 Å². The van der Waals surface area contributed by atoms with E-state index in [4.69, 9.17) is 18.6 Å². The lowest BCUT2D eigenvalue weighted by Gasteiger charge is -2.14. The van der Waals surface area contributed by atoms with Crippen LogP contribution in [-0.4, -0.2) is 25.3 Å². The summed E-state index contributed by atoms with van der Waals surface area (Å²) in [6.07, 6.45) is 1.36. The Labute approximate surface area is 132 Å². The molecule has 1 aliphatic rings. The highest BCUT2D eigenvalue weighted by atomic mass is 16.7. The number of furan rings is 1. The Morgan fingerprint density at radius 1 is 1.26 bits per heavy atom. The van der Waals surface area contributed by atoms with Gasteiger partial charge in [-0.05, 0) is 36.8 Å². The van der Waals surface area contributed by atoms with E-state index in [0.29, 0.717) is 11.5 Å². The van der Waals surface area contributed by atoms with E-state index < -0.39 is 11.9 Å². The number of fused-ring (bicyclic) bond motifs is 1. The molecule has 1 aromatic carbocycles. The van der Waals surface area contributed by atoms with Gasteiger partial charge in [0.05, 0.1) is 12.3 Å². The zero-order valence-corrected chi connectivity index (χ0v) is 12.4. The molecule has 0 unspecified atom stereocenters. The molecule has 1 N–H and O–H groups in total. The molecule has 1 aromatic heterocycles. The molecule has 7 nitrogen and oxygen atoms in total. The Kier molecular flexibility index (Phi) is 4.18. The minimum atomic E-state index is -0.680. The van der Waals surface area contributed by atoms with Crippen LogP contribution in [0.25, 0.3) is 0 Å². The summed E-state index contributed by atoms with van der Waals surface area (Å²) in [7, 11) is 0. The highest BCUT2D eigenvalue weighted by Crippen LogP contribution is 2.34. The summed E-state index contributed by atoms with van der Waals surface area (Å²) in [6, 6.07) is 8.21. The van der Waals surface area contributed by atoms with Gasteiger partial charge in [0.1, 0.15) is 0 Å². The fraction of sp³-hybridized carbons (Fsp3) is 0.250. The van der Waals surface area contributed by atoms with E-state index in [1.165, 1.54) is 12.3 Å². The fourth-order valence-corrected chi connectivity index (χ4v) is 2.15. The Morgan fingerprint density at radius 2 is 2.09 bits per heavy atom. The van der Waals surface area contributed by atoms with E-state index >= 15 is 0 Å². The van der Waals surface area contributed by atoms with Crippen LogP contribution in [-0.2, 0) is 9.53 Å². The third kappa shape index (κ3) is 3.45. The lowest BCUT2D eigenvalue weighted by atomic mass is 10.1. The lowest BCUT2D eigenvalue weighted by Crippen LogP contribution is -2.31. The summed E-state index contributed by atoms with van der Waals surface area (Å²) in [5.74, 6) is 0.296. The number of rotatable bonds is 5. The third-order valence-electron chi connectivity index (χ3n) is 3.33. The van der Waals surface area contributed by atoms with Crippen LogP contribution in [0.5, 0.6) is 11.5 Å². The van der Waals surface area contributed by atoms with E-state index in [2.05, 4.69) is 5.32 Å². The number of hydrogen-bond acceptors (Lipinski definition) is 6. The molecule has 0 aliphatic carbocycles. The van der Waals surface area contributed by atoms with Crippen molar-refractivity contribution in [3.05, 3.63) is 47.9 Å². The van der Waals surface area contributed by atoms with Gasteiger partial charge in [-0.25, -0.2) is 4.79 Å². The van der Waals surface area contributed by atoms with Crippen LogP contribution in [0.15, 0.2) is 41.0 Å². The molecule has 7 heteroatoms. The average Bonchev–Trinajstić information content (AvgIpc) is 3.22. The number of carbonyl (C=O) groups is 2. The van der Waals surface area contributed by atoms with Gasteiger partial charge in [-0.3, -0.25) is 4.79 Å². The second-order valence-electron chi connectivity index (χ2n) is 4.96. The Balaban J connectivity index is 1.52. The smallest absolute Gasteiger partial charge is 0.374 e. The van der Waals surface area contributed by atoms with Gasteiger partial charge in [0.15, 0.2) is 18.1 Å². The second kappa shape index (κ2) is 6.43. The first-order valence-corrected chi connectivity index (χ1v) is 7.03. The number of benzene rings is 1. The van der Waals surface area contributed by atoms with Crippen LogP contribution in [0.1, 0.15) is 29.1 Å². The Morgan fingerprint density at radius 3 is 2.87 bits per heavy atom. The quantitative estimate of drug-likeness (QED) is 0.849. The van der Waals surface area contributed by atoms with E-state index in [0.717, 1.165) is 5.56 Å². The van der Waals surface area contributed by atoms with E-state index in [9.17, 15) is 9.59 Å². The maximum absolute atomic E-state index is 11.9. The van der Waals surface area contributed by atoms with Gasteiger partial charge < -0.3 is 23.9 Å². The third-order valence-corrected chi connectivity index (χ3v) is 3.33. The molecule has 0 bridgehead atoms. The summed E-state index contributed by atoms with van der Waals surface area (Å²) in [5.41, 5.74) is 0.861. The standard InChI is InChI=1S/C16H15NO6/c1-10(11-4-5-12-14(7-11)23-9-22-12)17-15(18)8-21-16(19)13-3-2-6-20-13/h2-7,10H,8-9H2,1H3,(H,17,18)/t10-/m1/s1. The summed E-state index contributed by atoms with van der Waals surface area (Å²) in [5, 5.41) is 2.74. The number of amides is 1. The van der Waals surface area contributed by atoms with Gasteiger partial charge in [0, 0.05) is 0 Å². The average molecular weight is 317 g/mol. The van der Waals surface area contributed by atoms with Crippen LogP contribution in [0, 0.1) is 0 Å². The number of hydrogen-bond donors (Lipinski definition) is 1. The predicted octanol–water partition coefficient (Wildman–Crippen LogP) is 2.04. The fourth-order valence-electron chi connectivity index (χ4n) is 2.15. The van der Waals surface area contributed by atoms with Crippen molar-refractivity contribution >= 4 is 11.9 Å². The van der Waals surface area contributed by atoms with Crippen molar-refractivity contribution in [1.82, 2.24) is 5.32 Å². The monoisotopic (exact) mass is 317 g/mol. The van der Waals surface area contributed by atoms with Crippen molar-refractivity contribution in [1.29, 1.82) is 0 Å². The maximum Gasteiger partial charge on any atom is 0.374 e. The van der Waals surface area contributed by atoms with Crippen molar-refractivity contribution in [3.8, 4) is 11.5 Å². The lowest BCUT2D eigenvalue weighted by molar-refractivity contribution is -0.124. The van der Waals surface area contributed by atoms with E-state index in [1.54, 1.807) is 12.1 Å². The molecule has 0 saturated carbocycles. The number of carbonyl (C=O) groups excluding carboxylic acids is 2. The molecule has 2 heterocycles. The van der Waals surface area contributed by atoms with Crippen molar-refractivity contribution in [2.24, 2.45) is 0 Å². The molecule has 3 rings (SSSR count). The normalized spacial score (nSPS) is 13.4.